The van der Waals surface area contributed by atoms with Gasteiger partial charge in [-0.15, -0.1) is 11.3 Å². The Morgan fingerprint density at radius 3 is 2.45 bits per heavy atom. The Labute approximate surface area is 185 Å². The average Bonchev–Trinajstić information content (AvgIpc) is 3.05. The molecule has 0 bridgehead atoms. The molecule has 1 aliphatic rings. The third-order valence-electron chi connectivity index (χ3n) is 5.41. The monoisotopic (exact) mass is 455 g/mol. The fraction of sp³-hybridized carbons (Fsp3) is 0.136. The Balaban J connectivity index is 1.77. The van der Waals surface area contributed by atoms with Gasteiger partial charge in [-0.25, -0.2) is 0 Å². The summed E-state index contributed by atoms with van der Waals surface area (Å²) in [6, 6.07) is 13.4. The summed E-state index contributed by atoms with van der Waals surface area (Å²) in [5.74, 6) is -0.900. The first kappa shape index (κ1) is 19.7. The predicted molar refractivity (Wildman–Crippen MR) is 118 cm³/mol. The fourth-order valence-electron chi connectivity index (χ4n) is 4.05. The lowest BCUT2D eigenvalue weighted by atomic mass is 9.89. The Kier molecular flexibility index (Phi) is 4.54. The van der Waals surface area contributed by atoms with E-state index < -0.39 is 18.2 Å². The van der Waals surface area contributed by atoms with E-state index in [-0.39, 0.29) is 28.7 Å². The van der Waals surface area contributed by atoms with Crippen molar-refractivity contribution in [3.8, 4) is 28.7 Å². The van der Waals surface area contributed by atoms with Crippen molar-refractivity contribution in [1.82, 2.24) is 4.57 Å². The molecule has 0 radical (unpaired) electrons. The molecule has 5 N–H and O–H groups in total. The zero-order valence-electron chi connectivity index (χ0n) is 15.8. The average molecular weight is 456 g/mol. The summed E-state index contributed by atoms with van der Waals surface area (Å²) in [6.45, 7) is 0. The Bertz CT molecular complexity index is 1380. The molecule has 0 amide bonds. The number of para-hydroxylation sites is 1. The van der Waals surface area contributed by atoms with Crippen LogP contribution in [-0.4, -0.2) is 36.2 Å². The molecule has 5 rings (SSSR count). The zero-order chi connectivity index (χ0) is 21.9. The number of hydrogen-bond donors (Lipinski definition) is 5. The number of phenolic OH excluding ortho intramolecular Hbond substituents is 4. The van der Waals surface area contributed by atoms with Crippen molar-refractivity contribution in [2.75, 3.05) is 0 Å². The van der Waals surface area contributed by atoms with Gasteiger partial charge in [0.25, 0.3) is 0 Å². The molecule has 2 heterocycles. The minimum Gasteiger partial charge on any atom is -0.508 e. The molecule has 1 aromatic heterocycles. The number of benzene rings is 3. The Morgan fingerprint density at radius 2 is 1.68 bits per heavy atom. The Morgan fingerprint density at radius 1 is 0.903 bits per heavy atom. The van der Waals surface area contributed by atoms with Crippen LogP contribution in [0.1, 0.15) is 23.3 Å². The molecule has 0 fully saturated rings. The van der Waals surface area contributed by atoms with Gasteiger partial charge in [-0.3, -0.25) is 0 Å². The van der Waals surface area contributed by atoms with Crippen molar-refractivity contribution in [3.05, 3.63) is 69.7 Å². The first-order chi connectivity index (χ1) is 14.8. The highest BCUT2D eigenvalue weighted by molar-refractivity contribution is 7.73. The molecule has 1 aliphatic heterocycles. The maximum absolute atomic E-state index is 11.4. The van der Waals surface area contributed by atoms with Gasteiger partial charge in [-0.05, 0) is 42.0 Å². The molecule has 3 atom stereocenters. The van der Waals surface area contributed by atoms with Gasteiger partial charge in [0.2, 0.25) is 0 Å². The molecule has 0 saturated carbocycles. The number of phenols is 4. The summed E-state index contributed by atoms with van der Waals surface area (Å²) in [6.07, 6.45) is -2.18. The topological polar surface area (TPSA) is 115 Å². The number of rotatable bonds is 2. The van der Waals surface area contributed by atoms with Crippen molar-refractivity contribution in [3.63, 3.8) is 0 Å². The van der Waals surface area contributed by atoms with E-state index in [1.54, 1.807) is 4.57 Å². The second-order valence-electron chi connectivity index (χ2n) is 7.30. The van der Waals surface area contributed by atoms with E-state index in [4.69, 9.17) is 17.0 Å². The van der Waals surface area contributed by atoms with Gasteiger partial charge in [0.1, 0.15) is 23.4 Å². The van der Waals surface area contributed by atoms with E-state index in [1.807, 2.05) is 24.3 Å². The highest BCUT2D eigenvalue weighted by atomic mass is 32.1. The molecule has 0 saturated heterocycles. The standard InChI is InChI=1S/C22H17NO6S2/c24-11-8-15(27)18-16(9-11)29-21(10-5-6-13(25)14(26)7-10)20(28)19(18)23-12-3-1-2-4-17(12)31-22(23)30/h1-9,19-21,24-28H/t19?,20-,21-/m1/s1. The lowest BCUT2D eigenvalue weighted by molar-refractivity contribution is -0.00771. The minimum atomic E-state index is -1.21. The van der Waals surface area contributed by atoms with Crippen molar-refractivity contribution in [1.29, 1.82) is 0 Å². The molecule has 31 heavy (non-hydrogen) atoms. The maximum Gasteiger partial charge on any atom is 0.162 e. The van der Waals surface area contributed by atoms with Crippen LogP contribution < -0.4 is 4.74 Å². The molecule has 1 unspecified atom stereocenters. The lowest BCUT2D eigenvalue weighted by Crippen LogP contribution is -2.38. The first-order valence-electron chi connectivity index (χ1n) is 9.37. The quantitative estimate of drug-likeness (QED) is 0.226. The number of hydrogen-bond acceptors (Lipinski definition) is 8. The van der Waals surface area contributed by atoms with Crippen molar-refractivity contribution >= 4 is 33.8 Å². The molecule has 158 valence electrons. The van der Waals surface area contributed by atoms with Gasteiger partial charge < -0.3 is 34.8 Å². The highest BCUT2D eigenvalue weighted by Gasteiger charge is 2.42. The predicted octanol–water partition coefficient (Wildman–Crippen LogP) is 4.34. The summed E-state index contributed by atoms with van der Waals surface area (Å²) in [7, 11) is 0. The molecule has 0 aliphatic carbocycles. The van der Waals surface area contributed by atoms with Gasteiger partial charge in [-0.1, -0.05) is 18.2 Å². The van der Waals surface area contributed by atoms with Crippen molar-refractivity contribution < 1.29 is 30.3 Å². The second-order valence-corrected chi connectivity index (χ2v) is 8.98. The van der Waals surface area contributed by atoms with Crippen LogP contribution >= 0.6 is 23.6 Å². The summed E-state index contributed by atoms with van der Waals surface area (Å²) in [5, 5.41) is 51.7. The van der Waals surface area contributed by atoms with Crippen molar-refractivity contribution in [2.45, 2.75) is 18.2 Å². The number of ether oxygens (including phenoxy) is 1. The lowest BCUT2D eigenvalue weighted by Gasteiger charge is -2.38. The molecule has 9 heteroatoms. The van der Waals surface area contributed by atoms with Crippen LogP contribution in [0.15, 0.2) is 54.6 Å². The highest BCUT2D eigenvalue weighted by Crippen LogP contribution is 2.50. The zero-order valence-corrected chi connectivity index (χ0v) is 17.5. The fourth-order valence-corrected chi connectivity index (χ4v) is 5.44. The minimum absolute atomic E-state index is 0.183. The number of nitrogens with zero attached hydrogens (tertiary/aromatic N) is 1. The molecular formula is C22H17NO6S2. The van der Waals surface area contributed by atoms with Gasteiger partial charge >= 0.3 is 0 Å². The van der Waals surface area contributed by atoms with Crippen LogP contribution in [0.3, 0.4) is 0 Å². The summed E-state index contributed by atoms with van der Waals surface area (Å²) in [4.78, 5) is 0. The summed E-state index contributed by atoms with van der Waals surface area (Å²) < 4.78 is 9.15. The van der Waals surface area contributed by atoms with E-state index in [9.17, 15) is 25.5 Å². The van der Waals surface area contributed by atoms with E-state index in [0.717, 1.165) is 10.2 Å². The van der Waals surface area contributed by atoms with E-state index in [2.05, 4.69) is 0 Å². The van der Waals surface area contributed by atoms with Gasteiger partial charge in [0.05, 0.1) is 21.8 Å². The number of aromatic nitrogens is 1. The molecular weight excluding hydrogens is 438 g/mol. The molecule has 4 aromatic rings. The third kappa shape index (κ3) is 3.09. The maximum atomic E-state index is 11.4. The normalized spacial score (nSPS) is 20.4. The number of fused-ring (bicyclic) bond motifs is 2. The van der Waals surface area contributed by atoms with Gasteiger partial charge in [0, 0.05) is 12.1 Å². The molecule has 7 nitrogen and oxygen atoms in total. The van der Waals surface area contributed by atoms with E-state index >= 15 is 0 Å². The number of aliphatic hydroxyl groups is 1. The van der Waals surface area contributed by atoms with Crippen LogP contribution in [0.5, 0.6) is 28.7 Å². The van der Waals surface area contributed by atoms with Crippen molar-refractivity contribution in [2.24, 2.45) is 0 Å². The summed E-state index contributed by atoms with van der Waals surface area (Å²) >= 11 is 6.98. The third-order valence-corrected chi connectivity index (χ3v) is 6.80. The summed E-state index contributed by atoms with van der Waals surface area (Å²) in [5.41, 5.74) is 1.49. The van der Waals surface area contributed by atoms with E-state index in [0.29, 0.717) is 15.1 Å². The van der Waals surface area contributed by atoms with Crippen LogP contribution in [0.2, 0.25) is 0 Å². The van der Waals surface area contributed by atoms with Crippen LogP contribution in [0.25, 0.3) is 10.2 Å². The first-order valence-corrected chi connectivity index (χ1v) is 10.6. The van der Waals surface area contributed by atoms with Gasteiger partial charge in [0.15, 0.2) is 21.6 Å². The number of aromatic hydroxyl groups is 4. The van der Waals surface area contributed by atoms with E-state index in [1.165, 1.54) is 41.7 Å². The molecule has 0 spiro atoms. The SMILES string of the molecule is Oc1cc(O)c2c(c1)O[C@H](c1ccc(O)c(O)c1)[C@H](O)C2n1c(=S)sc2ccccc21. The smallest absolute Gasteiger partial charge is 0.162 e. The largest absolute Gasteiger partial charge is 0.508 e. The molecule has 3 aromatic carbocycles. The second kappa shape index (κ2) is 7.16. The van der Waals surface area contributed by atoms with Crippen LogP contribution in [-0.2, 0) is 0 Å². The van der Waals surface area contributed by atoms with Gasteiger partial charge in [-0.2, -0.15) is 0 Å². The van der Waals surface area contributed by atoms with Crippen LogP contribution in [0.4, 0.5) is 0 Å². The Hall–Kier alpha value is -3.27. The number of thiazole rings is 1. The number of aliphatic hydroxyl groups excluding tert-OH is 1. The van der Waals surface area contributed by atoms with Crippen LogP contribution in [0, 0.1) is 3.95 Å².